The minimum atomic E-state index is 0.113. The molecule has 0 radical (unpaired) electrons. The SMILES string of the molecule is CCNC(=O)CN1CCN(CCOc2ccc(Cl)cc2)CC1. The van der Waals surface area contributed by atoms with Gasteiger partial charge in [0.25, 0.3) is 0 Å². The smallest absolute Gasteiger partial charge is 0.234 e. The Kier molecular flexibility index (Phi) is 6.96. The van der Waals surface area contributed by atoms with Crippen LogP contribution >= 0.6 is 11.6 Å². The maximum Gasteiger partial charge on any atom is 0.234 e. The van der Waals surface area contributed by atoms with Crippen LogP contribution in [0.15, 0.2) is 24.3 Å². The first kappa shape index (κ1) is 17.1. The molecule has 1 amide bonds. The highest BCUT2D eigenvalue weighted by Gasteiger charge is 2.18. The second-order valence-corrected chi connectivity index (χ2v) is 5.81. The molecule has 1 heterocycles. The second kappa shape index (κ2) is 8.98. The summed E-state index contributed by atoms with van der Waals surface area (Å²) in [6.45, 7) is 8.51. The van der Waals surface area contributed by atoms with E-state index in [0.717, 1.165) is 43.5 Å². The normalized spacial score (nSPS) is 16.5. The number of hydrogen-bond acceptors (Lipinski definition) is 4. The van der Waals surface area contributed by atoms with Crippen molar-refractivity contribution >= 4 is 17.5 Å². The third kappa shape index (κ3) is 5.83. The number of nitrogens with zero attached hydrogens (tertiary/aromatic N) is 2. The molecule has 0 aromatic heterocycles. The van der Waals surface area contributed by atoms with Crippen LogP contribution in [-0.2, 0) is 4.79 Å². The zero-order valence-corrected chi connectivity index (χ0v) is 13.8. The summed E-state index contributed by atoms with van der Waals surface area (Å²) in [6.07, 6.45) is 0. The van der Waals surface area contributed by atoms with Gasteiger partial charge in [0.15, 0.2) is 0 Å². The molecular formula is C16H24ClN3O2. The number of benzene rings is 1. The lowest BCUT2D eigenvalue weighted by atomic mass is 10.3. The van der Waals surface area contributed by atoms with Crippen molar-refractivity contribution in [3.8, 4) is 5.75 Å². The molecule has 1 N–H and O–H groups in total. The van der Waals surface area contributed by atoms with Crippen LogP contribution in [0.5, 0.6) is 5.75 Å². The number of nitrogens with one attached hydrogen (secondary N) is 1. The Morgan fingerprint density at radius 3 is 2.45 bits per heavy atom. The lowest BCUT2D eigenvalue weighted by molar-refractivity contribution is -0.122. The summed E-state index contributed by atoms with van der Waals surface area (Å²) in [5, 5.41) is 3.55. The van der Waals surface area contributed by atoms with Crippen LogP contribution in [0, 0.1) is 0 Å². The summed E-state index contributed by atoms with van der Waals surface area (Å²) >= 11 is 5.84. The number of ether oxygens (including phenoxy) is 1. The third-order valence-electron chi connectivity index (χ3n) is 3.70. The molecule has 1 fully saturated rings. The van der Waals surface area contributed by atoms with Crippen molar-refractivity contribution in [2.24, 2.45) is 0 Å². The van der Waals surface area contributed by atoms with E-state index in [-0.39, 0.29) is 5.91 Å². The Morgan fingerprint density at radius 2 is 1.82 bits per heavy atom. The van der Waals surface area contributed by atoms with Gasteiger partial charge in [0.1, 0.15) is 12.4 Å². The van der Waals surface area contributed by atoms with Gasteiger partial charge in [0.05, 0.1) is 6.54 Å². The Labute approximate surface area is 137 Å². The number of hydrogen-bond donors (Lipinski definition) is 1. The molecule has 0 saturated carbocycles. The van der Waals surface area contributed by atoms with Crippen LogP contribution in [-0.4, -0.2) is 68.1 Å². The molecule has 0 spiro atoms. The maximum absolute atomic E-state index is 11.5. The van der Waals surface area contributed by atoms with E-state index in [1.165, 1.54) is 0 Å². The van der Waals surface area contributed by atoms with E-state index in [2.05, 4.69) is 15.1 Å². The van der Waals surface area contributed by atoms with Crippen molar-refractivity contribution in [2.75, 3.05) is 52.4 Å². The van der Waals surface area contributed by atoms with Gasteiger partial charge in [-0.25, -0.2) is 0 Å². The quantitative estimate of drug-likeness (QED) is 0.824. The average Bonchev–Trinajstić information content (AvgIpc) is 2.51. The molecule has 1 aliphatic heterocycles. The molecule has 1 saturated heterocycles. The molecule has 0 atom stereocenters. The van der Waals surface area contributed by atoms with Crippen LogP contribution in [0.25, 0.3) is 0 Å². The van der Waals surface area contributed by atoms with Crippen molar-refractivity contribution in [3.63, 3.8) is 0 Å². The van der Waals surface area contributed by atoms with E-state index in [0.29, 0.717) is 19.7 Å². The van der Waals surface area contributed by atoms with Crippen LogP contribution < -0.4 is 10.1 Å². The fourth-order valence-corrected chi connectivity index (χ4v) is 2.58. The topological polar surface area (TPSA) is 44.8 Å². The molecule has 0 aliphatic carbocycles. The van der Waals surface area contributed by atoms with Gasteiger partial charge in [0.2, 0.25) is 5.91 Å². The zero-order chi connectivity index (χ0) is 15.8. The van der Waals surface area contributed by atoms with Crippen LogP contribution in [0.4, 0.5) is 0 Å². The Hall–Kier alpha value is -1.30. The summed E-state index contributed by atoms with van der Waals surface area (Å²) in [4.78, 5) is 16.1. The number of likely N-dealkylation sites (N-methyl/N-ethyl adjacent to an activating group) is 1. The van der Waals surface area contributed by atoms with Gasteiger partial charge in [-0.1, -0.05) is 11.6 Å². The highest BCUT2D eigenvalue weighted by atomic mass is 35.5. The lowest BCUT2D eigenvalue weighted by Crippen LogP contribution is -2.50. The van der Waals surface area contributed by atoms with Gasteiger partial charge in [-0.2, -0.15) is 0 Å². The minimum absolute atomic E-state index is 0.113. The molecule has 1 aliphatic rings. The standard InChI is InChI=1S/C16H24ClN3O2/c1-2-18-16(21)13-20-9-7-19(8-10-20)11-12-22-15-5-3-14(17)4-6-15/h3-6H,2,7-13H2,1H3,(H,18,21). The van der Waals surface area contributed by atoms with Gasteiger partial charge >= 0.3 is 0 Å². The lowest BCUT2D eigenvalue weighted by Gasteiger charge is -2.34. The number of piperazine rings is 1. The van der Waals surface area contributed by atoms with Crippen LogP contribution in [0.2, 0.25) is 5.02 Å². The Balaban J connectivity index is 1.61. The van der Waals surface area contributed by atoms with Gasteiger partial charge in [-0.05, 0) is 31.2 Å². The summed E-state index contributed by atoms with van der Waals surface area (Å²) in [7, 11) is 0. The summed E-state index contributed by atoms with van der Waals surface area (Å²) < 4.78 is 5.71. The first-order chi connectivity index (χ1) is 10.7. The molecule has 122 valence electrons. The van der Waals surface area contributed by atoms with Gasteiger partial charge < -0.3 is 10.1 Å². The Bertz CT molecular complexity index is 459. The van der Waals surface area contributed by atoms with Crippen LogP contribution in [0.1, 0.15) is 6.92 Å². The second-order valence-electron chi connectivity index (χ2n) is 5.37. The van der Waals surface area contributed by atoms with Crippen molar-refractivity contribution in [3.05, 3.63) is 29.3 Å². The van der Waals surface area contributed by atoms with E-state index in [1.807, 2.05) is 31.2 Å². The van der Waals surface area contributed by atoms with E-state index in [9.17, 15) is 4.79 Å². The predicted molar refractivity (Wildman–Crippen MR) is 88.5 cm³/mol. The van der Waals surface area contributed by atoms with Crippen molar-refractivity contribution < 1.29 is 9.53 Å². The molecule has 6 heteroatoms. The van der Waals surface area contributed by atoms with Crippen LogP contribution in [0.3, 0.4) is 0 Å². The number of carbonyl (C=O) groups is 1. The molecule has 0 bridgehead atoms. The highest BCUT2D eigenvalue weighted by molar-refractivity contribution is 6.30. The molecule has 0 unspecified atom stereocenters. The van der Waals surface area contributed by atoms with Gasteiger partial charge in [-0.15, -0.1) is 0 Å². The molecule has 2 rings (SSSR count). The molecule has 22 heavy (non-hydrogen) atoms. The highest BCUT2D eigenvalue weighted by Crippen LogP contribution is 2.15. The van der Waals surface area contributed by atoms with Crippen molar-refractivity contribution in [2.45, 2.75) is 6.92 Å². The summed E-state index contributed by atoms with van der Waals surface area (Å²) in [5.74, 6) is 0.960. The molecule has 1 aromatic carbocycles. The van der Waals surface area contributed by atoms with E-state index >= 15 is 0 Å². The van der Waals surface area contributed by atoms with E-state index < -0.39 is 0 Å². The minimum Gasteiger partial charge on any atom is -0.492 e. The molecule has 5 nitrogen and oxygen atoms in total. The number of rotatable bonds is 7. The van der Waals surface area contributed by atoms with Gasteiger partial charge in [0, 0.05) is 44.3 Å². The summed E-state index contributed by atoms with van der Waals surface area (Å²) in [5.41, 5.74) is 0. The average molecular weight is 326 g/mol. The first-order valence-electron chi connectivity index (χ1n) is 7.77. The first-order valence-corrected chi connectivity index (χ1v) is 8.15. The summed E-state index contributed by atoms with van der Waals surface area (Å²) in [6, 6.07) is 7.42. The van der Waals surface area contributed by atoms with E-state index in [1.54, 1.807) is 0 Å². The fourth-order valence-electron chi connectivity index (χ4n) is 2.45. The predicted octanol–water partition coefficient (Wildman–Crippen LogP) is 1.47. The van der Waals surface area contributed by atoms with Gasteiger partial charge in [-0.3, -0.25) is 14.6 Å². The largest absolute Gasteiger partial charge is 0.492 e. The third-order valence-corrected chi connectivity index (χ3v) is 3.95. The molecule has 1 aromatic rings. The number of halogens is 1. The fraction of sp³-hybridized carbons (Fsp3) is 0.562. The monoisotopic (exact) mass is 325 g/mol. The van der Waals surface area contributed by atoms with Crippen molar-refractivity contribution in [1.82, 2.24) is 15.1 Å². The zero-order valence-electron chi connectivity index (χ0n) is 13.1. The number of carbonyl (C=O) groups excluding carboxylic acids is 1. The van der Waals surface area contributed by atoms with E-state index in [4.69, 9.17) is 16.3 Å². The maximum atomic E-state index is 11.5. The molecular weight excluding hydrogens is 302 g/mol. The Morgan fingerprint density at radius 1 is 1.18 bits per heavy atom. The van der Waals surface area contributed by atoms with Crippen molar-refractivity contribution in [1.29, 1.82) is 0 Å². The number of amides is 1.